The van der Waals surface area contributed by atoms with Crippen LogP contribution in [0.25, 0.3) is 11.3 Å². The molecule has 5 aromatic rings. The minimum absolute atomic E-state index is 0.0398. The van der Waals surface area contributed by atoms with E-state index in [-0.39, 0.29) is 15.8 Å². The Labute approximate surface area is 242 Å². The van der Waals surface area contributed by atoms with Gasteiger partial charge in [0.05, 0.1) is 10.6 Å². The van der Waals surface area contributed by atoms with Gasteiger partial charge in [0.25, 0.3) is 15.7 Å². The summed E-state index contributed by atoms with van der Waals surface area (Å²) in [5, 5.41) is 17.2. The lowest BCUT2D eigenvalue weighted by atomic mass is 10.1. The predicted molar refractivity (Wildman–Crippen MR) is 159 cm³/mol. The minimum atomic E-state index is -3.66. The number of sulfonamides is 1. The molecule has 3 aromatic carbocycles. The molecule has 0 bridgehead atoms. The van der Waals surface area contributed by atoms with E-state index < -0.39 is 20.2 Å². The molecule has 0 fully saturated rings. The Morgan fingerprint density at radius 3 is 2.42 bits per heavy atom. The topological polar surface area (TPSA) is 131 Å². The highest BCUT2D eigenvalue weighted by Crippen LogP contribution is 2.37. The number of amides is 1. The number of carbonyl (C=O) groups is 1. The van der Waals surface area contributed by atoms with E-state index in [2.05, 4.69) is 15.0 Å². The molecule has 40 heavy (non-hydrogen) atoms. The number of nitro benzene ring substituents is 1. The van der Waals surface area contributed by atoms with Crippen LogP contribution in [0.2, 0.25) is 0 Å². The summed E-state index contributed by atoms with van der Waals surface area (Å²) < 4.78 is 27.8. The molecule has 0 spiro atoms. The van der Waals surface area contributed by atoms with Gasteiger partial charge in [-0.1, -0.05) is 48.5 Å². The number of nitrogens with zero attached hydrogens (tertiary/aromatic N) is 2. The number of thiophene rings is 1. The van der Waals surface area contributed by atoms with Crippen molar-refractivity contribution in [3.05, 3.63) is 117 Å². The third-order valence-electron chi connectivity index (χ3n) is 5.55. The van der Waals surface area contributed by atoms with E-state index in [0.717, 1.165) is 21.8 Å². The molecule has 202 valence electrons. The Bertz CT molecular complexity index is 1740. The van der Waals surface area contributed by atoms with E-state index in [9.17, 15) is 23.3 Å². The number of thioether (sulfide) groups is 1. The van der Waals surface area contributed by atoms with Gasteiger partial charge in [0, 0.05) is 33.7 Å². The molecule has 5 rings (SSSR count). The monoisotopic (exact) mass is 608 g/mol. The first kappa shape index (κ1) is 27.5. The van der Waals surface area contributed by atoms with Gasteiger partial charge in [0.2, 0.25) is 5.91 Å². The Hall–Kier alpha value is -4.04. The normalized spacial score (nSPS) is 12.0. The summed E-state index contributed by atoms with van der Waals surface area (Å²) in [6.07, 6.45) is 0. The van der Waals surface area contributed by atoms with Crippen LogP contribution in [0.5, 0.6) is 0 Å². The Morgan fingerprint density at radius 1 is 0.950 bits per heavy atom. The van der Waals surface area contributed by atoms with Crippen molar-refractivity contribution in [1.82, 2.24) is 4.98 Å². The second kappa shape index (κ2) is 12.0. The van der Waals surface area contributed by atoms with Crippen molar-refractivity contribution in [3.63, 3.8) is 0 Å². The summed E-state index contributed by atoms with van der Waals surface area (Å²) in [4.78, 5) is 29.3. The van der Waals surface area contributed by atoms with Crippen LogP contribution in [0, 0.1) is 10.1 Å². The van der Waals surface area contributed by atoms with E-state index in [0.29, 0.717) is 22.1 Å². The average Bonchev–Trinajstić information content (AvgIpc) is 3.66. The number of carbonyl (C=O) groups excluding carboxylic acids is 1. The minimum Gasteiger partial charge on any atom is -0.301 e. The Morgan fingerprint density at radius 2 is 1.73 bits per heavy atom. The van der Waals surface area contributed by atoms with E-state index in [4.69, 9.17) is 0 Å². The van der Waals surface area contributed by atoms with Crippen LogP contribution in [0.3, 0.4) is 0 Å². The summed E-state index contributed by atoms with van der Waals surface area (Å²) in [7, 11) is -3.66. The number of nitro groups is 1. The number of hydrogen-bond donors (Lipinski definition) is 2. The SMILES string of the molecule is O=C(Nc1nc(-c2cccc([N+](=O)[O-])c2)cs1)C(Sc1ccc(NS(=O)(=O)c2cccs2)cc1)c1ccccc1. The molecule has 0 saturated heterocycles. The first-order valence-corrected chi connectivity index (χ1v) is 15.8. The van der Waals surface area contributed by atoms with Gasteiger partial charge < -0.3 is 5.32 Å². The van der Waals surface area contributed by atoms with Gasteiger partial charge in [-0.3, -0.25) is 19.6 Å². The molecule has 9 nitrogen and oxygen atoms in total. The Balaban J connectivity index is 1.32. The van der Waals surface area contributed by atoms with Gasteiger partial charge in [0.1, 0.15) is 9.46 Å². The maximum absolute atomic E-state index is 13.4. The first-order valence-electron chi connectivity index (χ1n) is 11.7. The second-order valence-electron chi connectivity index (χ2n) is 8.31. The molecule has 0 aliphatic carbocycles. The molecule has 0 saturated carbocycles. The summed E-state index contributed by atoms with van der Waals surface area (Å²) in [6, 6.07) is 25.5. The van der Waals surface area contributed by atoms with E-state index in [1.54, 1.807) is 53.2 Å². The summed E-state index contributed by atoms with van der Waals surface area (Å²) in [5.74, 6) is -0.293. The fourth-order valence-corrected chi connectivity index (χ4v) is 7.47. The number of anilines is 2. The largest absolute Gasteiger partial charge is 0.301 e. The number of aromatic nitrogens is 1. The maximum Gasteiger partial charge on any atom is 0.271 e. The summed E-state index contributed by atoms with van der Waals surface area (Å²) >= 11 is 3.68. The molecule has 1 amide bonds. The van der Waals surface area contributed by atoms with Gasteiger partial charge in [-0.25, -0.2) is 13.4 Å². The number of non-ortho nitro benzene ring substituents is 1. The van der Waals surface area contributed by atoms with Gasteiger partial charge in [0.15, 0.2) is 5.13 Å². The molecule has 13 heteroatoms. The van der Waals surface area contributed by atoms with Crippen molar-refractivity contribution >= 4 is 66.9 Å². The average molecular weight is 609 g/mol. The molecular formula is C27H20N4O5S4. The number of benzene rings is 3. The van der Waals surface area contributed by atoms with Crippen LogP contribution < -0.4 is 10.0 Å². The quantitative estimate of drug-likeness (QED) is 0.0986. The fourth-order valence-electron chi connectivity index (χ4n) is 3.67. The molecule has 2 aromatic heterocycles. The third kappa shape index (κ3) is 6.57. The van der Waals surface area contributed by atoms with E-state index >= 15 is 0 Å². The highest BCUT2D eigenvalue weighted by atomic mass is 32.2. The predicted octanol–water partition coefficient (Wildman–Crippen LogP) is 7.05. The van der Waals surface area contributed by atoms with Crippen LogP contribution in [-0.4, -0.2) is 24.2 Å². The molecule has 1 atom stereocenters. The fraction of sp³-hybridized carbons (Fsp3) is 0.0370. The number of rotatable bonds is 10. The van der Waals surface area contributed by atoms with Crippen molar-refractivity contribution in [2.24, 2.45) is 0 Å². The first-order chi connectivity index (χ1) is 19.3. The number of hydrogen-bond acceptors (Lipinski definition) is 9. The van der Waals surface area contributed by atoms with Crippen molar-refractivity contribution in [3.8, 4) is 11.3 Å². The molecular weight excluding hydrogens is 589 g/mol. The molecule has 0 aliphatic heterocycles. The van der Waals surface area contributed by atoms with Crippen LogP contribution in [-0.2, 0) is 14.8 Å². The lowest BCUT2D eigenvalue weighted by Gasteiger charge is -2.16. The lowest BCUT2D eigenvalue weighted by Crippen LogP contribution is -2.19. The zero-order chi connectivity index (χ0) is 28.1. The number of nitrogens with one attached hydrogen (secondary N) is 2. The lowest BCUT2D eigenvalue weighted by molar-refractivity contribution is -0.384. The van der Waals surface area contributed by atoms with E-state index in [1.165, 1.54) is 41.3 Å². The molecule has 2 heterocycles. The van der Waals surface area contributed by atoms with Crippen molar-refractivity contribution < 1.29 is 18.1 Å². The molecule has 2 N–H and O–H groups in total. The second-order valence-corrected chi connectivity index (χ2v) is 13.2. The van der Waals surface area contributed by atoms with Gasteiger partial charge in [-0.05, 0) is 41.3 Å². The molecule has 0 radical (unpaired) electrons. The zero-order valence-electron chi connectivity index (χ0n) is 20.5. The third-order valence-corrected chi connectivity index (χ3v) is 10.4. The maximum atomic E-state index is 13.4. The smallest absolute Gasteiger partial charge is 0.271 e. The number of thiazole rings is 1. The van der Waals surface area contributed by atoms with Gasteiger partial charge in [-0.2, -0.15) is 0 Å². The van der Waals surface area contributed by atoms with Crippen LogP contribution in [0.1, 0.15) is 10.8 Å². The zero-order valence-corrected chi connectivity index (χ0v) is 23.7. The summed E-state index contributed by atoms with van der Waals surface area (Å²) in [5.41, 5.74) is 2.25. The standard InChI is InChI=1S/C27H20N4O5S4/c32-26(29-27-28-23(17-38-27)19-8-4-9-21(16-19)31(33)34)25(18-6-2-1-3-7-18)39-22-13-11-20(12-14-22)30-40(35,36)24-10-5-15-37-24/h1-17,25,30H,(H,28,29,32). The van der Waals surface area contributed by atoms with Crippen LogP contribution in [0.15, 0.2) is 111 Å². The molecule has 0 aliphatic rings. The van der Waals surface area contributed by atoms with Crippen LogP contribution in [0.4, 0.5) is 16.5 Å². The van der Waals surface area contributed by atoms with Gasteiger partial charge >= 0.3 is 0 Å². The van der Waals surface area contributed by atoms with Crippen molar-refractivity contribution in [2.45, 2.75) is 14.4 Å². The summed E-state index contributed by atoms with van der Waals surface area (Å²) in [6.45, 7) is 0. The van der Waals surface area contributed by atoms with Crippen LogP contribution >= 0.6 is 34.4 Å². The highest BCUT2D eigenvalue weighted by molar-refractivity contribution is 8.00. The Kier molecular flexibility index (Phi) is 8.26. The van der Waals surface area contributed by atoms with E-state index in [1.807, 2.05) is 30.3 Å². The molecule has 1 unspecified atom stereocenters. The van der Waals surface area contributed by atoms with Crippen molar-refractivity contribution in [1.29, 1.82) is 0 Å². The van der Waals surface area contributed by atoms with Crippen molar-refractivity contribution in [2.75, 3.05) is 10.0 Å². The van der Waals surface area contributed by atoms with Gasteiger partial charge in [-0.15, -0.1) is 34.4 Å². The highest BCUT2D eigenvalue weighted by Gasteiger charge is 2.24.